The number of thioether (sulfide) groups is 1. The third-order valence-corrected chi connectivity index (χ3v) is 5.02. The molecule has 1 aliphatic heterocycles. The van der Waals surface area contributed by atoms with Crippen LogP contribution in [0.2, 0.25) is 5.02 Å². The van der Waals surface area contributed by atoms with E-state index in [-0.39, 0.29) is 34.7 Å². The van der Waals surface area contributed by atoms with E-state index in [1.807, 2.05) is 0 Å². The summed E-state index contributed by atoms with van der Waals surface area (Å²) in [5.74, 6) is 5.12. The highest BCUT2D eigenvalue weighted by Crippen LogP contribution is 2.22. The first-order valence-electron chi connectivity index (χ1n) is 7.96. The van der Waals surface area contributed by atoms with Crippen LogP contribution >= 0.6 is 23.4 Å². The van der Waals surface area contributed by atoms with Crippen LogP contribution in [0.3, 0.4) is 0 Å². The molecule has 2 amide bonds. The molecule has 1 atom stereocenters. The number of hydrazine groups is 1. The van der Waals surface area contributed by atoms with E-state index < -0.39 is 5.50 Å². The minimum Gasteiger partial charge on any atom is -0.508 e. The Balaban J connectivity index is 1.63. The van der Waals surface area contributed by atoms with Crippen molar-refractivity contribution >= 4 is 35.2 Å². The van der Waals surface area contributed by atoms with Crippen molar-refractivity contribution in [3.8, 4) is 5.75 Å². The maximum atomic E-state index is 12.3. The van der Waals surface area contributed by atoms with Gasteiger partial charge in [-0.3, -0.25) is 14.6 Å². The summed E-state index contributed by atoms with van der Waals surface area (Å²) in [7, 11) is 0. The molecule has 1 unspecified atom stereocenters. The van der Waals surface area contributed by atoms with Crippen molar-refractivity contribution < 1.29 is 14.7 Å². The molecule has 27 heavy (non-hydrogen) atoms. The Morgan fingerprint density at radius 3 is 2.70 bits per heavy atom. The van der Waals surface area contributed by atoms with Crippen molar-refractivity contribution in [2.24, 2.45) is 5.84 Å². The SMILES string of the molecule is NN1C=CSC1NC(=O)c1ccc(C(=O)NCc2cccc(O)c2)cc1Cl. The molecule has 0 spiro atoms. The average Bonchev–Trinajstić information content (AvgIpc) is 3.04. The highest BCUT2D eigenvalue weighted by molar-refractivity contribution is 8.02. The average molecular weight is 405 g/mol. The summed E-state index contributed by atoms with van der Waals surface area (Å²) in [6.45, 7) is 0.255. The molecule has 2 aromatic carbocycles. The number of halogens is 1. The number of hydrogen-bond donors (Lipinski definition) is 4. The van der Waals surface area contributed by atoms with Gasteiger partial charge in [-0.1, -0.05) is 35.5 Å². The van der Waals surface area contributed by atoms with Gasteiger partial charge in [-0.15, -0.1) is 0 Å². The van der Waals surface area contributed by atoms with Gasteiger partial charge in [0.1, 0.15) is 5.75 Å². The summed E-state index contributed by atoms with van der Waals surface area (Å²) in [6, 6.07) is 11.1. The van der Waals surface area contributed by atoms with Gasteiger partial charge in [-0.05, 0) is 41.3 Å². The molecule has 0 radical (unpaired) electrons. The molecular weight excluding hydrogens is 388 g/mol. The summed E-state index contributed by atoms with van der Waals surface area (Å²) in [4.78, 5) is 24.6. The Morgan fingerprint density at radius 2 is 2.04 bits per heavy atom. The van der Waals surface area contributed by atoms with Gasteiger partial charge in [0.2, 0.25) is 0 Å². The molecular formula is C18H17ClN4O3S. The summed E-state index contributed by atoms with van der Waals surface area (Å²) >= 11 is 7.54. The van der Waals surface area contributed by atoms with Crippen LogP contribution < -0.4 is 16.5 Å². The summed E-state index contributed by atoms with van der Waals surface area (Å²) in [6.07, 6.45) is 1.65. The van der Waals surface area contributed by atoms with Crippen molar-refractivity contribution in [3.05, 3.63) is 75.8 Å². The molecule has 0 saturated heterocycles. The van der Waals surface area contributed by atoms with Crippen LogP contribution in [0.1, 0.15) is 26.3 Å². The lowest BCUT2D eigenvalue weighted by molar-refractivity contribution is 0.0921. The predicted octanol–water partition coefficient (Wildman–Crippen LogP) is 2.38. The Bertz CT molecular complexity index is 906. The van der Waals surface area contributed by atoms with Crippen LogP contribution in [0, 0.1) is 0 Å². The third kappa shape index (κ3) is 4.73. The van der Waals surface area contributed by atoms with Gasteiger partial charge in [0.25, 0.3) is 11.8 Å². The number of rotatable bonds is 5. The molecule has 9 heteroatoms. The van der Waals surface area contributed by atoms with Gasteiger partial charge in [-0.25, -0.2) is 5.84 Å². The number of phenolic OH excluding ortho intramolecular Hbond substituents is 1. The minimum absolute atomic E-state index is 0.131. The van der Waals surface area contributed by atoms with Crippen LogP contribution in [-0.4, -0.2) is 27.4 Å². The largest absolute Gasteiger partial charge is 0.508 e. The molecule has 0 aliphatic carbocycles. The van der Waals surface area contributed by atoms with E-state index in [1.165, 1.54) is 35.0 Å². The van der Waals surface area contributed by atoms with Crippen molar-refractivity contribution in [2.45, 2.75) is 12.0 Å². The van der Waals surface area contributed by atoms with E-state index in [1.54, 1.807) is 35.9 Å². The predicted molar refractivity (Wildman–Crippen MR) is 105 cm³/mol. The maximum absolute atomic E-state index is 12.3. The monoisotopic (exact) mass is 404 g/mol. The molecule has 7 nitrogen and oxygen atoms in total. The number of amides is 2. The zero-order valence-corrected chi connectivity index (χ0v) is 15.6. The van der Waals surface area contributed by atoms with Crippen molar-refractivity contribution in [2.75, 3.05) is 0 Å². The fraction of sp³-hybridized carbons (Fsp3) is 0.111. The molecule has 0 bridgehead atoms. The van der Waals surface area contributed by atoms with Crippen LogP contribution in [0.5, 0.6) is 5.75 Å². The zero-order valence-electron chi connectivity index (χ0n) is 14.1. The maximum Gasteiger partial charge on any atom is 0.255 e. The topological polar surface area (TPSA) is 108 Å². The fourth-order valence-corrected chi connectivity index (χ4v) is 3.43. The van der Waals surface area contributed by atoms with Crippen LogP contribution in [0.4, 0.5) is 0 Å². The number of aromatic hydroxyl groups is 1. The summed E-state index contributed by atoms with van der Waals surface area (Å²) in [5.41, 5.74) is 0.939. The minimum atomic E-state index is -0.404. The first-order valence-corrected chi connectivity index (χ1v) is 9.28. The normalized spacial score (nSPS) is 15.6. The lowest BCUT2D eigenvalue weighted by Crippen LogP contribution is -2.44. The molecule has 1 aliphatic rings. The molecule has 0 saturated carbocycles. The van der Waals surface area contributed by atoms with E-state index in [0.717, 1.165) is 5.56 Å². The molecule has 1 heterocycles. The quantitative estimate of drug-likeness (QED) is 0.570. The Morgan fingerprint density at radius 1 is 1.22 bits per heavy atom. The molecule has 2 aromatic rings. The van der Waals surface area contributed by atoms with Gasteiger partial charge >= 0.3 is 0 Å². The van der Waals surface area contributed by atoms with Crippen molar-refractivity contribution in [3.63, 3.8) is 0 Å². The van der Waals surface area contributed by atoms with Crippen molar-refractivity contribution in [1.82, 2.24) is 15.6 Å². The van der Waals surface area contributed by atoms with Gasteiger partial charge in [-0.2, -0.15) is 0 Å². The number of phenols is 1. The Hall–Kier alpha value is -2.68. The highest BCUT2D eigenvalue weighted by Gasteiger charge is 2.21. The highest BCUT2D eigenvalue weighted by atomic mass is 35.5. The van der Waals surface area contributed by atoms with E-state index >= 15 is 0 Å². The second kappa shape index (κ2) is 8.34. The Labute approximate surface area is 165 Å². The molecule has 0 aromatic heterocycles. The number of carbonyl (C=O) groups is 2. The van der Waals surface area contributed by atoms with Gasteiger partial charge in [0.15, 0.2) is 5.50 Å². The first kappa shape index (κ1) is 19.1. The van der Waals surface area contributed by atoms with Gasteiger partial charge < -0.3 is 15.7 Å². The zero-order chi connectivity index (χ0) is 19.4. The van der Waals surface area contributed by atoms with E-state index in [0.29, 0.717) is 5.56 Å². The number of hydrogen-bond acceptors (Lipinski definition) is 6. The van der Waals surface area contributed by atoms with Crippen LogP contribution in [0.15, 0.2) is 54.1 Å². The summed E-state index contributed by atoms with van der Waals surface area (Å²) in [5, 5.41) is 18.2. The molecule has 0 fully saturated rings. The number of carbonyl (C=O) groups excluding carboxylic acids is 2. The van der Waals surface area contributed by atoms with E-state index in [9.17, 15) is 14.7 Å². The molecule has 3 rings (SSSR count). The van der Waals surface area contributed by atoms with Crippen molar-refractivity contribution in [1.29, 1.82) is 0 Å². The van der Waals surface area contributed by atoms with Crippen LogP contribution in [0.25, 0.3) is 0 Å². The van der Waals surface area contributed by atoms with E-state index in [2.05, 4.69) is 10.6 Å². The second-order valence-electron chi connectivity index (χ2n) is 5.74. The number of nitrogens with zero attached hydrogens (tertiary/aromatic N) is 1. The first-order chi connectivity index (χ1) is 12.9. The molecule has 140 valence electrons. The number of nitrogens with one attached hydrogen (secondary N) is 2. The smallest absolute Gasteiger partial charge is 0.255 e. The molecule has 5 N–H and O–H groups in total. The second-order valence-corrected chi connectivity index (χ2v) is 7.14. The Kier molecular flexibility index (Phi) is 5.90. The van der Waals surface area contributed by atoms with E-state index in [4.69, 9.17) is 17.4 Å². The fourth-order valence-electron chi connectivity index (χ4n) is 2.42. The lowest BCUT2D eigenvalue weighted by atomic mass is 10.1. The standard InChI is InChI=1S/C18H17ClN4O3S/c19-15-9-12(16(25)21-10-11-2-1-3-13(24)8-11)4-5-14(15)17(26)22-18-23(20)6-7-27-18/h1-9,18,24H,10,20H2,(H,21,25)(H,22,26). The summed E-state index contributed by atoms with van der Waals surface area (Å²) < 4.78 is 0. The van der Waals surface area contributed by atoms with Gasteiger partial charge in [0.05, 0.1) is 10.6 Å². The number of benzene rings is 2. The third-order valence-electron chi connectivity index (χ3n) is 3.81. The number of nitrogens with two attached hydrogens (primary N) is 1. The van der Waals surface area contributed by atoms with Gasteiger partial charge in [0, 0.05) is 18.3 Å². The van der Waals surface area contributed by atoms with Crippen LogP contribution in [-0.2, 0) is 6.54 Å². The lowest BCUT2D eigenvalue weighted by Gasteiger charge is -2.20.